The van der Waals surface area contributed by atoms with Gasteiger partial charge in [0, 0.05) is 25.2 Å². The maximum absolute atomic E-state index is 12.0. The molecule has 1 N–H and O–H groups in total. The molecule has 0 saturated heterocycles. The fourth-order valence-electron chi connectivity index (χ4n) is 3.48. The average molecular weight is 336 g/mol. The van der Waals surface area contributed by atoms with Crippen molar-refractivity contribution < 1.29 is 4.79 Å². The Labute approximate surface area is 148 Å². The molecular formula is C20H24N4O. The van der Waals surface area contributed by atoms with Gasteiger partial charge in [-0.05, 0) is 38.0 Å². The maximum atomic E-state index is 12.0. The van der Waals surface area contributed by atoms with E-state index in [1.165, 1.54) is 17.5 Å². The molecule has 5 nitrogen and oxygen atoms in total. The minimum absolute atomic E-state index is 0.250. The molecule has 130 valence electrons. The molecule has 3 rings (SSSR count). The van der Waals surface area contributed by atoms with Crippen LogP contribution in [0.2, 0.25) is 0 Å². The molecule has 1 unspecified atom stereocenters. The standard InChI is InChI=1S/C20H24N4O/c1-4-24(5-2)18-11-12-20(13-15(18)3,16-9-7-6-8-10-16)22-17-14-21-23-19(17)25/h6-12,14H,4-5,13H2,1-3H3,(H,22,23,25). The number of nitrogens with one attached hydrogen (secondary N) is 1. The summed E-state index contributed by atoms with van der Waals surface area (Å²) < 4.78 is 0. The van der Waals surface area contributed by atoms with Crippen LogP contribution in [0, 0.1) is 0 Å². The van der Waals surface area contributed by atoms with Crippen LogP contribution in [-0.2, 0) is 10.3 Å². The first kappa shape index (κ1) is 17.1. The predicted octanol–water partition coefficient (Wildman–Crippen LogP) is 3.01. The number of hydrogen-bond acceptors (Lipinski definition) is 4. The van der Waals surface area contributed by atoms with Crippen LogP contribution < -0.4 is 5.43 Å². The number of allylic oxidation sites excluding steroid dienone is 1. The fourth-order valence-corrected chi connectivity index (χ4v) is 3.48. The molecule has 0 saturated carbocycles. The first-order chi connectivity index (χ1) is 12.1. The highest BCUT2D eigenvalue weighted by molar-refractivity contribution is 6.62. The number of amides is 1. The number of nitrogens with zero attached hydrogens (tertiary/aromatic N) is 3. The van der Waals surface area contributed by atoms with E-state index in [9.17, 15) is 4.79 Å². The van der Waals surface area contributed by atoms with Crippen LogP contribution >= 0.6 is 0 Å². The van der Waals surface area contributed by atoms with Gasteiger partial charge in [-0.3, -0.25) is 9.79 Å². The van der Waals surface area contributed by atoms with Gasteiger partial charge < -0.3 is 4.90 Å². The van der Waals surface area contributed by atoms with Crippen molar-refractivity contribution in [2.75, 3.05) is 13.1 Å². The number of rotatable bonds is 5. The van der Waals surface area contributed by atoms with E-state index >= 15 is 0 Å². The summed E-state index contributed by atoms with van der Waals surface area (Å²) in [7, 11) is 0. The zero-order chi connectivity index (χ0) is 17.9. The quantitative estimate of drug-likeness (QED) is 0.898. The van der Waals surface area contributed by atoms with Crippen molar-refractivity contribution in [3.63, 3.8) is 0 Å². The smallest absolute Gasteiger partial charge is 0.291 e. The lowest BCUT2D eigenvalue weighted by atomic mass is 9.80. The zero-order valence-corrected chi connectivity index (χ0v) is 15.0. The largest absolute Gasteiger partial charge is 0.372 e. The predicted molar refractivity (Wildman–Crippen MR) is 102 cm³/mol. The van der Waals surface area contributed by atoms with E-state index in [1.54, 1.807) is 0 Å². The Morgan fingerprint density at radius 2 is 1.96 bits per heavy atom. The second kappa shape index (κ2) is 7.05. The van der Waals surface area contributed by atoms with E-state index in [1.807, 2.05) is 18.2 Å². The van der Waals surface area contributed by atoms with Crippen LogP contribution in [0.25, 0.3) is 0 Å². The molecule has 2 aliphatic rings. The molecule has 25 heavy (non-hydrogen) atoms. The van der Waals surface area contributed by atoms with Crippen molar-refractivity contribution in [1.29, 1.82) is 0 Å². The SMILES string of the molecule is CCN(CC)C1=C(C)CC(N=C2C=NNC2=O)(c2ccccc2)C=C1. The van der Waals surface area contributed by atoms with E-state index in [-0.39, 0.29) is 5.91 Å². The average Bonchev–Trinajstić information content (AvgIpc) is 3.03. The van der Waals surface area contributed by atoms with Crippen LogP contribution in [0.4, 0.5) is 0 Å². The van der Waals surface area contributed by atoms with E-state index in [2.05, 4.69) is 60.5 Å². The van der Waals surface area contributed by atoms with Gasteiger partial charge in [0.1, 0.15) is 11.3 Å². The lowest BCUT2D eigenvalue weighted by Gasteiger charge is -2.35. The van der Waals surface area contributed by atoms with Crippen LogP contribution in [-0.4, -0.2) is 35.8 Å². The Kier molecular flexibility index (Phi) is 4.83. The number of benzene rings is 1. The van der Waals surface area contributed by atoms with E-state index in [4.69, 9.17) is 4.99 Å². The summed E-state index contributed by atoms with van der Waals surface area (Å²) in [5.74, 6) is -0.250. The Morgan fingerprint density at radius 3 is 2.52 bits per heavy atom. The minimum atomic E-state index is -0.578. The summed E-state index contributed by atoms with van der Waals surface area (Å²) in [5, 5.41) is 3.83. The molecule has 0 aromatic heterocycles. The van der Waals surface area contributed by atoms with Crippen molar-refractivity contribution in [3.8, 4) is 0 Å². The highest BCUT2D eigenvalue weighted by Gasteiger charge is 2.34. The fraction of sp³-hybridized carbons (Fsp3) is 0.350. The number of likely N-dealkylation sites (N-methyl/N-ethyl adjacent to an activating group) is 1. The molecule has 1 heterocycles. The van der Waals surface area contributed by atoms with Gasteiger partial charge in [0.2, 0.25) is 0 Å². The van der Waals surface area contributed by atoms with Gasteiger partial charge in [0.15, 0.2) is 0 Å². The molecule has 1 amide bonds. The Balaban J connectivity index is 2.06. The maximum Gasteiger partial charge on any atom is 0.291 e. The minimum Gasteiger partial charge on any atom is -0.372 e. The summed E-state index contributed by atoms with van der Waals surface area (Å²) >= 11 is 0. The molecule has 0 fully saturated rings. The zero-order valence-electron chi connectivity index (χ0n) is 15.0. The van der Waals surface area contributed by atoms with E-state index in [0.29, 0.717) is 5.71 Å². The van der Waals surface area contributed by atoms with E-state index in [0.717, 1.165) is 25.1 Å². The molecule has 1 aliphatic heterocycles. The molecular weight excluding hydrogens is 312 g/mol. The van der Waals surface area contributed by atoms with Gasteiger partial charge in [0.25, 0.3) is 5.91 Å². The highest BCUT2D eigenvalue weighted by Crippen LogP contribution is 2.39. The third kappa shape index (κ3) is 3.27. The van der Waals surface area contributed by atoms with Gasteiger partial charge in [-0.25, -0.2) is 5.43 Å². The summed E-state index contributed by atoms with van der Waals surface area (Å²) in [6.45, 7) is 8.41. The topological polar surface area (TPSA) is 57.1 Å². The summed E-state index contributed by atoms with van der Waals surface area (Å²) in [6, 6.07) is 10.1. The van der Waals surface area contributed by atoms with E-state index < -0.39 is 5.54 Å². The third-order valence-electron chi connectivity index (χ3n) is 4.77. The normalized spacial score (nSPS) is 24.1. The first-order valence-electron chi connectivity index (χ1n) is 8.72. The summed E-state index contributed by atoms with van der Waals surface area (Å²) in [5.41, 5.74) is 5.83. The summed E-state index contributed by atoms with van der Waals surface area (Å²) in [4.78, 5) is 19.1. The van der Waals surface area contributed by atoms with Crippen molar-refractivity contribution in [3.05, 3.63) is 59.3 Å². The van der Waals surface area contributed by atoms with Crippen LogP contribution in [0.15, 0.2) is 63.8 Å². The number of carbonyl (C=O) groups excluding carboxylic acids is 1. The van der Waals surface area contributed by atoms with Crippen molar-refractivity contribution >= 4 is 17.8 Å². The van der Waals surface area contributed by atoms with Gasteiger partial charge in [-0.2, -0.15) is 5.10 Å². The molecule has 1 aliphatic carbocycles. The lowest BCUT2D eigenvalue weighted by Crippen LogP contribution is -2.32. The molecule has 0 spiro atoms. The number of carbonyl (C=O) groups is 1. The monoisotopic (exact) mass is 336 g/mol. The lowest BCUT2D eigenvalue weighted by molar-refractivity contribution is -0.114. The van der Waals surface area contributed by atoms with Crippen LogP contribution in [0.3, 0.4) is 0 Å². The second-order valence-corrected chi connectivity index (χ2v) is 6.33. The Bertz CT molecular complexity index is 772. The number of aliphatic imine (C=N–C) groups is 1. The number of hydrazone groups is 1. The second-order valence-electron chi connectivity index (χ2n) is 6.33. The molecule has 5 heteroatoms. The van der Waals surface area contributed by atoms with Crippen LogP contribution in [0.1, 0.15) is 32.8 Å². The van der Waals surface area contributed by atoms with Crippen molar-refractivity contribution in [2.24, 2.45) is 10.1 Å². The highest BCUT2D eigenvalue weighted by atomic mass is 16.2. The Hall–Kier alpha value is -2.69. The first-order valence-corrected chi connectivity index (χ1v) is 8.72. The van der Waals surface area contributed by atoms with Gasteiger partial charge in [-0.15, -0.1) is 0 Å². The van der Waals surface area contributed by atoms with Crippen molar-refractivity contribution in [1.82, 2.24) is 10.3 Å². The van der Waals surface area contributed by atoms with Gasteiger partial charge in [0.05, 0.1) is 6.21 Å². The third-order valence-corrected chi connectivity index (χ3v) is 4.77. The molecule has 1 aromatic carbocycles. The molecule has 1 atom stereocenters. The molecule has 0 bridgehead atoms. The molecule has 0 radical (unpaired) electrons. The molecule has 1 aromatic rings. The van der Waals surface area contributed by atoms with Crippen LogP contribution in [0.5, 0.6) is 0 Å². The van der Waals surface area contributed by atoms with Gasteiger partial charge in [-0.1, -0.05) is 36.4 Å². The number of hydrogen-bond donors (Lipinski definition) is 1. The Morgan fingerprint density at radius 1 is 1.24 bits per heavy atom. The summed E-state index contributed by atoms with van der Waals surface area (Å²) in [6.07, 6.45) is 6.51. The van der Waals surface area contributed by atoms with Gasteiger partial charge >= 0.3 is 0 Å². The van der Waals surface area contributed by atoms with Crippen molar-refractivity contribution in [2.45, 2.75) is 32.7 Å².